The number of nitrogens with zero attached hydrogens (tertiary/aromatic N) is 1. The Hall–Kier alpha value is -2.27. The SMILES string of the molecule is NC(Cc1nc2c(F)c(F)ccc2[nH]1)c1ccccc1. The second-order valence-corrected chi connectivity index (χ2v) is 4.66. The summed E-state index contributed by atoms with van der Waals surface area (Å²) >= 11 is 0. The molecule has 3 nitrogen and oxygen atoms in total. The van der Waals surface area contributed by atoms with Crippen LogP contribution in [0.25, 0.3) is 11.0 Å². The lowest BCUT2D eigenvalue weighted by Gasteiger charge is -2.09. The molecule has 0 aliphatic heterocycles. The highest BCUT2D eigenvalue weighted by molar-refractivity contribution is 5.75. The first-order chi connectivity index (χ1) is 9.65. The van der Waals surface area contributed by atoms with Crippen molar-refractivity contribution in [3.05, 3.63) is 65.5 Å². The van der Waals surface area contributed by atoms with E-state index in [2.05, 4.69) is 9.97 Å². The van der Waals surface area contributed by atoms with Gasteiger partial charge in [-0.1, -0.05) is 30.3 Å². The zero-order valence-electron chi connectivity index (χ0n) is 10.6. The molecule has 3 rings (SSSR count). The molecule has 2 aromatic carbocycles. The van der Waals surface area contributed by atoms with Gasteiger partial charge in [-0.05, 0) is 17.7 Å². The van der Waals surface area contributed by atoms with Crippen LogP contribution in [0.15, 0.2) is 42.5 Å². The second kappa shape index (κ2) is 5.02. The highest BCUT2D eigenvalue weighted by Crippen LogP contribution is 2.20. The summed E-state index contributed by atoms with van der Waals surface area (Å²) in [5, 5.41) is 0. The van der Waals surface area contributed by atoms with Crippen LogP contribution in [0.2, 0.25) is 0 Å². The molecule has 0 amide bonds. The average molecular weight is 273 g/mol. The third kappa shape index (κ3) is 2.28. The number of nitrogens with one attached hydrogen (secondary N) is 1. The second-order valence-electron chi connectivity index (χ2n) is 4.66. The summed E-state index contributed by atoms with van der Waals surface area (Å²) in [6, 6.07) is 11.9. The third-order valence-electron chi connectivity index (χ3n) is 3.24. The maximum absolute atomic E-state index is 13.6. The van der Waals surface area contributed by atoms with Crippen molar-refractivity contribution in [2.45, 2.75) is 12.5 Å². The van der Waals surface area contributed by atoms with Gasteiger partial charge in [0.25, 0.3) is 0 Å². The molecule has 3 aromatic rings. The number of rotatable bonds is 3. The Bertz CT molecular complexity index is 737. The maximum atomic E-state index is 13.6. The predicted molar refractivity (Wildman–Crippen MR) is 73.1 cm³/mol. The summed E-state index contributed by atoms with van der Waals surface area (Å²) in [6.45, 7) is 0. The van der Waals surface area contributed by atoms with E-state index >= 15 is 0 Å². The van der Waals surface area contributed by atoms with Crippen molar-refractivity contribution in [2.24, 2.45) is 5.73 Å². The van der Waals surface area contributed by atoms with Crippen LogP contribution in [0.5, 0.6) is 0 Å². The van der Waals surface area contributed by atoms with Gasteiger partial charge in [-0.25, -0.2) is 13.8 Å². The standard InChI is InChI=1S/C15H13F2N3/c16-10-6-7-12-15(14(10)17)20-13(19-12)8-11(18)9-4-2-1-3-5-9/h1-7,11H,8,18H2,(H,19,20). The molecule has 1 aromatic heterocycles. The largest absolute Gasteiger partial charge is 0.342 e. The molecule has 0 radical (unpaired) electrons. The number of halogens is 2. The molecule has 0 aliphatic carbocycles. The number of benzene rings is 2. The number of aromatic amines is 1. The van der Waals surface area contributed by atoms with Crippen LogP contribution in [-0.4, -0.2) is 9.97 Å². The Morgan fingerprint density at radius 2 is 1.85 bits per heavy atom. The monoisotopic (exact) mass is 273 g/mol. The van der Waals surface area contributed by atoms with E-state index in [1.165, 1.54) is 6.07 Å². The van der Waals surface area contributed by atoms with Crippen LogP contribution >= 0.6 is 0 Å². The van der Waals surface area contributed by atoms with E-state index in [-0.39, 0.29) is 11.6 Å². The summed E-state index contributed by atoms with van der Waals surface area (Å²) in [6.07, 6.45) is 0.430. The number of aromatic nitrogens is 2. The van der Waals surface area contributed by atoms with Crippen molar-refractivity contribution in [3.8, 4) is 0 Å². The predicted octanol–water partition coefficient (Wildman–Crippen LogP) is 3.08. The Balaban J connectivity index is 1.90. The number of H-pyrrole nitrogens is 1. The minimum atomic E-state index is -0.932. The lowest BCUT2D eigenvalue weighted by Crippen LogP contribution is -2.13. The fourth-order valence-electron chi connectivity index (χ4n) is 2.19. The number of hydrogen-bond donors (Lipinski definition) is 2. The van der Waals surface area contributed by atoms with E-state index in [4.69, 9.17) is 5.73 Å². The summed E-state index contributed by atoms with van der Waals surface area (Å²) in [4.78, 5) is 7.05. The molecule has 1 atom stereocenters. The number of imidazole rings is 1. The summed E-state index contributed by atoms with van der Waals surface area (Å²) in [5.74, 6) is -1.29. The maximum Gasteiger partial charge on any atom is 0.186 e. The van der Waals surface area contributed by atoms with E-state index in [1.54, 1.807) is 0 Å². The number of hydrogen-bond acceptors (Lipinski definition) is 2. The minimum absolute atomic E-state index is 0.0141. The molecule has 0 aliphatic rings. The van der Waals surface area contributed by atoms with Crippen LogP contribution in [-0.2, 0) is 6.42 Å². The van der Waals surface area contributed by atoms with Crippen LogP contribution in [0.3, 0.4) is 0 Å². The Kier molecular flexibility index (Phi) is 3.20. The van der Waals surface area contributed by atoms with Crippen molar-refractivity contribution in [3.63, 3.8) is 0 Å². The molecule has 0 bridgehead atoms. The molecule has 0 saturated carbocycles. The topological polar surface area (TPSA) is 54.7 Å². The molecule has 5 heteroatoms. The van der Waals surface area contributed by atoms with Gasteiger partial charge in [0.2, 0.25) is 0 Å². The Morgan fingerprint density at radius 1 is 1.10 bits per heavy atom. The fourth-order valence-corrected chi connectivity index (χ4v) is 2.19. The van der Waals surface area contributed by atoms with E-state index in [0.29, 0.717) is 17.8 Å². The van der Waals surface area contributed by atoms with Crippen molar-refractivity contribution < 1.29 is 8.78 Å². The van der Waals surface area contributed by atoms with Gasteiger partial charge in [0.05, 0.1) is 5.52 Å². The van der Waals surface area contributed by atoms with Gasteiger partial charge in [0.1, 0.15) is 11.3 Å². The van der Waals surface area contributed by atoms with Gasteiger partial charge < -0.3 is 10.7 Å². The van der Waals surface area contributed by atoms with Crippen molar-refractivity contribution in [2.75, 3.05) is 0 Å². The van der Waals surface area contributed by atoms with Gasteiger partial charge in [-0.2, -0.15) is 0 Å². The number of fused-ring (bicyclic) bond motifs is 1. The first-order valence-electron chi connectivity index (χ1n) is 6.28. The zero-order chi connectivity index (χ0) is 14.1. The van der Waals surface area contributed by atoms with Crippen LogP contribution in [0, 0.1) is 11.6 Å². The molecule has 0 fully saturated rings. The van der Waals surface area contributed by atoms with Crippen molar-refractivity contribution in [1.29, 1.82) is 0 Å². The van der Waals surface area contributed by atoms with E-state index < -0.39 is 11.6 Å². The van der Waals surface area contributed by atoms with Gasteiger partial charge in [0.15, 0.2) is 11.6 Å². The van der Waals surface area contributed by atoms with Crippen LogP contribution < -0.4 is 5.73 Å². The molecular weight excluding hydrogens is 260 g/mol. The molecule has 0 spiro atoms. The third-order valence-corrected chi connectivity index (χ3v) is 3.24. The smallest absolute Gasteiger partial charge is 0.186 e. The molecule has 1 unspecified atom stereocenters. The summed E-state index contributed by atoms with van der Waals surface area (Å²) in [7, 11) is 0. The first kappa shape index (κ1) is 12.7. The first-order valence-corrected chi connectivity index (χ1v) is 6.28. The molecule has 0 saturated heterocycles. The normalized spacial score (nSPS) is 12.8. The highest BCUT2D eigenvalue weighted by Gasteiger charge is 2.14. The van der Waals surface area contributed by atoms with Gasteiger partial charge >= 0.3 is 0 Å². The van der Waals surface area contributed by atoms with E-state index in [9.17, 15) is 8.78 Å². The molecule has 20 heavy (non-hydrogen) atoms. The Morgan fingerprint density at radius 3 is 2.60 bits per heavy atom. The van der Waals surface area contributed by atoms with Gasteiger partial charge in [-0.3, -0.25) is 0 Å². The van der Waals surface area contributed by atoms with E-state index in [0.717, 1.165) is 11.6 Å². The molecule has 102 valence electrons. The lowest BCUT2D eigenvalue weighted by molar-refractivity contribution is 0.515. The minimum Gasteiger partial charge on any atom is -0.342 e. The van der Waals surface area contributed by atoms with Crippen molar-refractivity contribution in [1.82, 2.24) is 9.97 Å². The summed E-state index contributed by atoms with van der Waals surface area (Å²) in [5.41, 5.74) is 7.55. The van der Waals surface area contributed by atoms with Gasteiger partial charge in [0, 0.05) is 12.5 Å². The Labute approximate surface area is 114 Å². The lowest BCUT2D eigenvalue weighted by atomic mass is 10.0. The van der Waals surface area contributed by atoms with Crippen molar-refractivity contribution >= 4 is 11.0 Å². The average Bonchev–Trinajstić information content (AvgIpc) is 2.87. The molecule has 1 heterocycles. The van der Waals surface area contributed by atoms with Crippen LogP contribution in [0.1, 0.15) is 17.4 Å². The molecular formula is C15H13F2N3. The van der Waals surface area contributed by atoms with Crippen LogP contribution in [0.4, 0.5) is 8.78 Å². The highest BCUT2D eigenvalue weighted by atomic mass is 19.2. The molecule has 3 N–H and O–H groups in total. The summed E-state index contributed by atoms with van der Waals surface area (Å²) < 4.78 is 26.7. The number of nitrogens with two attached hydrogens (primary N) is 1. The fraction of sp³-hybridized carbons (Fsp3) is 0.133. The van der Waals surface area contributed by atoms with Gasteiger partial charge in [-0.15, -0.1) is 0 Å². The zero-order valence-corrected chi connectivity index (χ0v) is 10.6. The van der Waals surface area contributed by atoms with E-state index in [1.807, 2.05) is 30.3 Å². The quantitative estimate of drug-likeness (QED) is 0.770.